The predicted octanol–water partition coefficient (Wildman–Crippen LogP) is 2.80. The van der Waals surface area contributed by atoms with Crippen molar-refractivity contribution in [3.8, 4) is 0 Å². The molecule has 0 amide bonds. The highest BCUT2D eigenvalue weighted by molar-refractivity contribution is 5.18. The second-order valence-electron chi connectivity index (χ2n) is 6.43. The molecule has 0 saturated heterocycles. The van der Waals surface area contributed by atoms with Crippen LogP contribution in [-0.4, -0.2) is 40.7 Å². The maximum Gasteiger partial charge on any atom is 0.0540 e. The number of aliphatic hydroxyl groups excluding tert-OH is 1. The Hall–Kier alpha value is -0.930. The van der Waals surface area contributed by atoms with Crippen molar-refractivity contribution in [2.45, 2.75) is 58.1 Å². The fourth-order valence-corrected chi connectivity index (χ4v) is 3.08. The van der Waals surface area contributed by atoms with Crippen molar-refractivity contribution >= 4 is 0 Å². The number of likely N-dealkylation sites (N-methyl/N-ethyl adjacent to an activating group) is 1. The van der Waals surface area contributed by atoms with Crippen molar-refractivity contribution in [1.29, 1.82) is 0 Å². The Bertz CT molecular complexity index is 413. The fourth-order valence-electron chi connectivity index (χ4n) is 3.08. The van der Waals surface area contributed by atoms with Crippen LogP contribution in [0.15, 0.2) is 18.3 Å². The quantitative estimate of drug-likeness (QED) is 0.898. The zero-order chi connectivity index (χ0) is 14.5. The van der Waals surface area contributed by atoms with Gasteiger partial charge in [0.2, 0.25) is 0 Å². The average molecular weight is 276 g/mol. The highest BCUT2D eigenvalue weighted by atomic mass is 16.3. The molecule has 0 radical (unpaired) electrons. The first kappa shape index (κ1) is 15.5. The number of aromatic nitrogens is 1. The lowest BCUT2D eigenvalue weighted by Gasteiger charge is -2.32. The van der Waals surface area contributed by atoms with Gasteiger partial charge in [0.25, 0.3) is 0 Å². The summed E-state index contributed by atoms with van der Waals surface area (Å²) in [5.41, 5.74) is 2.50. The largest absolute Gasteiger partial charge is 0.393 e. The second kappa shape index (κ2) is 7.19. The Labute approximate surface area is 123 Å². The summed E-state index contributed by atoms with van der Waals surface area (Å²) in [5, 5.41) is 9.57. The summed E-state index contributed by atoms with van der Waals surface area (Å²) in [6.45, 7) is 5.56. The SMILES string of the molecule is Cc1cccnc1CC(C)N(C)CC1CCC(O)CC1. The molecule has 0 aromatic carbocycles. The maximum atomic E-state index is 9.57. The average Bonchev–Trinajstić information content (AvgIpc) is 2.44. The van der Waals surface area contributed by atoms with Gasteiger partial charge in [-0.25, -0.2) is 0 Å². The molecule has 1 saturated carbocycles. The summed E-state index contributed by atoms with van der Waals surface area (Å²) >= 11 is 0. The number of aliphatic hydroxyl groups is 1. The lowest BCUT2D eigenvalue weighted by molar-refractivity contribution is 0.0921. The Balaban J connectivity index is 1.83. The molecule has 1 aliphatic carbocycles. The van der Waals surface area contributed by atoms with E-state index >= 15 is 0 Å². The third-order valence-electron chi connectivity index (χ3n) is 4.72. The maximum absolute atomic E-state index is 9.57. The monoisotopic (exact) mass is 276 g/mol. The van der Waals surface area contributed by atoms with Crippen molar-refractivity contribution in [1.82, 2.24) is 9.88 Å². The van der Waals surface area contributed by atoms with E-state index in [-0.39, 0.29) is 6.10 Å². The Morgan fingerprint density at radius 3 is 2.70 bits per heavy atom. The van der Waals surface area contributed by atoms with Crippen LogP contribution in [0.25, 0.3) is 0 Å². The van der Waals surface area contributed by atoms with Gasteiger partial charge in [-0.15, -0.1) is 0 Å². The Kier molecular flexibility index (Phi) is 5.55. The van der Waals surface area contributed by atoms with Crippen molar-refractivity contribution in [2.75, 3.05) is 13.6 Å². The highest BCUT2D eigenvalue weighted by Crippen LogP contribution is 2.25. The normalized spacial score (nSPS) is 24.9. The first-order valence-electron chi connectivity index (χ1n) is 7.85. The van der Waals surface area contributed by atoms with Crippen LogP contribution >= 0.6 is 0 Å². The van der Waals surface area contributed by atoms with E-state index in [1.54, 1.807) is 0 Å². The van der Waals surface area contributed by atoms with Crippen molar-refractivity contribution in [3.63, 3.8) is 0 Å². The van der Waals surface area contributed by atoms with Crippen LogP contribution in [0.1, 0.15) is 43.9 Å². The molecule has 20 heavy (non-hydrogen) atoms. The molecular weight excluding hydrogens is 248 g/mol. The first-order chi connectivity index (χ1) is 9.56. The van der Waals surface area contributed by atoms with Gasteiger partial charge in [-0.3, -0.25) is 4.98 Å². The topological polar surface area (TPSA) is 36.4 Å². The van der Waals surface area contributed by atoms with Gasteiger partial charge in [0.15, 0.2) is 0 Å². The summed E-state index contributed by atoms with van der Waals surface area (Å²) in [7, 11) is 2.22. The Morgan fingerprint density at radius 2 is 2.05 bits per heavy atom. The van der Waals surface area contributed by atoms with Gasteiger partial charge in [0.1, 0.15) is 0 Å². The van der Waals surface area contributed by atoms with E-state index in [4.69, 9.17) is 0 Å². The van der Waals surface area contributed by atoms with Gasteiger partial charge in [-0.05, 0) is 64.1 Å². The van der Waals surface area contributed by atoms with Gasteiger partial charge in [-0.2, -0.15) is 0 Å². The summed E-state index contributed by atoms with van der Waals surface area (Å²) in [6.07, 6.45) is 7.14. The summed E-state index contributed by atoms with van der Waals surface area (Å²) in [5.74, 6) is 0.746. The van der Waals surface area contributed by atoms with Crippen molar-refractivity contribution in [2.24, 2.45) is 5.92 Å². The number of rotatable bonds is 5. The van der Waals surface area contributed by atoms with Crippen molar-refractivity contribution < 1.29 is 5.11 Å². The molecule has 1 unspecified atom stereocenters. The molecular formula is C17H28N2O. The zero-order valence-electron chi connectivity index (χ0n) is 13.0. The molecule has 1 N–H and O–H groups in total. The highest BCUT2D eigenvalue weighted by Gasteiger charge is 2.22. The molecule has 0 aliphatic heterocycles. The molecule has 2 rings (SSSR count). The number of aryl methyl sites for hydroxylation is 1. The predicted molar refractivity (Wildman–Crippen MR) is 82.7 cm³/mol. The van der Waals surface area contributed by atoms with Gasteiger partial charge in [0.05, 0.1) is 6.10 Å². The van der Waals surface area contributed by atoms with Crippen LogP contribution in [0.2, 0.25) is 0 Å². The van der Waals surface area contributed by atoms with E-state index in [0.717, 1.165) is 31.7 Å². The minimum atomic E-state index is -0.0508. The van der Waals surface area contributed by atoms with Gasteiger partial charge in [0, 0.05) is 30.9 Å². The number of pyridine rings is 1. The van der Waals surface area contributed by atoms with Crippen LogP contribution in [0, 0.1) is 12.8 Å². The first-order valence-corrected chi connectivity index (χ1v) is 7.85. The molecule has 1 aromatic heterocycles. The molecule has 0 bridgehead atoms. The molecule has 1 atom stereocenters. The van der Waals surface area contributed by atoms with E-state index in [1.807, 2.05) is 12.3 Å². The van der Waals surface area contributed by atoms with Crippen LogP contribution in [0.4, 0.5) is 0 Å². The smallest absolute Gasteiger partial charge is 0.0540 e. The third-order valence-corrected chi connectivity index (χ3v) is 4.72. The van der Waals surface area contributed by atoms with E-state index in [2.05, 4.69) is 36.8 Å². The van der Waals surface area contributed by atoms with E-state index in [0.29, 0.717) is 6.04 Å². The van der Waals surface area contributed by atoms with E-state index in [9.17, 15) is 5.11 Å². The van der Waals surface area contributed by atoms with Crippen LogP contribution in [-0.2, 0) is 6.42 Å². The molecule has 112 valence electrons. The number of nitrogens with zero attached hydrogens (tertiary/aromatic N) is 2. The lowest BCUT2D eigenvalue weighted by Crippen LogP contribution is -2.36. The zero-order valence-corrected chi connectivity index (χ0v) is 13.0. The minimum absolute atomic E-state index is 0.0508. The summed E-state index contributed by atoms with van der Waals surface area (Å²) in [6, 6.07) is 4.65. The Morgan fingerprint density at radius 1 is 1.35 bits per heavy atom. The number of hydrogen-bond donors (Lipinski definition) is 1. The van der Waals surface area contributed by atoms with Gasteiger partial charge >= 0.3 is 0 Å². The van der Waals surface area contributed by atoms with Gasteiger partial charge in [-0.1, -0.05) is 6.07 Å². The number of hydrogen-bond acceptors (Lipinski definition) is 3. The second-order valence-corrected chi connectivity index (χ2v) is 6.43. The molecule has 1 heterocycles. The van der Waals surface area contributed by atoms with E-state index < -0.39 is 0 Å². The van der Waals surface area contributed by atoms with E-state index in [1.165, 1.54) is 24.1 Å². The molecule has 1 aliphatic rings. The van der Waals surface area contributed by atoms with Gasteiger partial charge < -0.3 is 10.0 Å². The molecule has 0 spiro atoms. The minimum Gasteiger partial charge on any atom is -0.393 e. The lowest BCUT2D eigenvalue weighted by atomic mass is 9.87. The van der Waals surface area contributed by atoms with Crippen LogP contribution < -0.4 is 0 Å². The molecule has 3 nitrogen and oxygen atoms in total. The molecule has 1 aromatic rings. The van der Waals surface area contributed by atoms with Crippen LogP contribution in [0.3, 0.4) is 0 Å². The van der Waals surface area contributed by atoms with Crippen molar-refractivity contribution in [3.05, 3.63) is 29.6 Å². The van der Waals surface area contributed by atoms with Crippen LogP contribution in [0.5, 0.6) is 0 Å². The molecule has 1 fully saturated rings. The summed E-state index contributed by atoms with van der Waals surface area (Å²) in [4.78, 5) is 6.95. The summed E-state index contributed by atoms with van der Waals surface area (Å²) < 4.78 is 0. The molecule has 3 heteroatoms. The third kappa shape index (κ3) is 4.29. The fraction of sp³-hybridized carbons (Fsp3) is 0.706. The standard InChI is InChI=1S/C17H28N2O/c1-13-5-4-10-18-17(13)11-14(2)19(3)12-15-6-8-16(20)9-7-15/h4-5,10,14-16,20H,6-9,11-12H2,1-3H3.